The van der Waals surface area contributed by atoms with Gasteiger partial charge in [0.2, 0.25) is 0 Å². The number of nitro groups is 3. The molecule has 10 nitrogen and oxygen atoms in total. The monoisotopic (exact) mass is 376 g/mol. The molecule has 0 saturated carbocycles. The summed E-state index contributed by atoms with van der Waals surface area (Å²) in [6.45, 7) is 0. The molecule has 26 heavy (non-hydrogen) atoms. The van der Waals surface area contributed by atoms with E-state index in [1.807, 2.05) is 0 Å². The molecular weight excluding hydrogens is 372 g/mol. The second-order valence-electron chi connectivity index (χ2n) is 4.60. The van der Waals surface area contributed by atoms with Crippen LogP contribution in [-0.2, 0) is 0 Å². The molecule has 0 amide bonds. The Bertz CT molecular complexity index is 906. The maximum Gasteiger partial charge on any atom is 0.306 e. The Kier molecular flexibility index (Phi) is 4.68. The molecule has 0 aliphatic rings. The van der Waals surface area contributed by atoms with Gasteiger partial charge in [-0.3, -0.25) is 30.3 Å². The first kappa shape index (κ1) is 18.5. The summed E-state index contributed by atoms with van der Waals surface area (Å²) < 4.78 is 53.9. The number of hydrogen-bond acceptors (Lipinski definition) is 7. The Hall–Kier alpha value is -3.84. The molecule has 0 atom stereocenters. The summed E-state index contributed by atoms with van der Waals surface area (Å²) in [5.74, 6) is -7.77. The van der Waals surface area contributed by atoms with E-state index < -0.39 is 66.5 Å². The van der Waals surface area contributed by atoms with Crippen molar-refractivity contribution < 1.29 is 32.3 Å². The van der Waals surface area contributed by atoms with Gasteiger partial charge in [0.15, 0.2) is 29.0 Å². The Morgan fingerprint density at radius 1 is 0.692 bits per heavy atom. The van der Waals surface area contributed by atoms with Gasteiger partial charge in [0, 0.05) is 6.07 Å². The van der Waals surface area contributed by atoms with Crippen LogP contribution in [0, 0.1) is 53.6 Å². The molecule has 0 aromatic heterocycles. The highest BCUT2D eigenvalue weighted by Crippen LogP contribution is 2.41. The third-order valence-corrected chi connectivity index (χ3v) is 3.05. The lowest BCUT2D eigenvalue weighted by molar-refractivity contribution is -0.401. The Labute approximate surface area is 139 Å². The first-order valence-electron chi connectivity index (χ1n) is 6.25. The van der Waals surface area contributed by atoms with Crippen molar-refractivity contribution in [1.29, 1.82) is 0 Å². The molecular formula is C12H4F4N4O6. The third kappa shape index (κ3) is 3.19. The van der Waals surface area contributed by atoms with Crippen molar-refractivity contribution in [2.45, 2.75) is 0 Å². The van der Waals surface area contributed by atoms with E-state index in [2.05, 4.69) is 0 Å². The lowest BCUT2D eigenvalue weighted by Gasteiger charge is -2.10. The van der Waals surface area contributed by atoms with E-state index in [0.29, 0.717) is 0 Å². The second-order valence-corrected chi connectivity index (χ2v) is 4.60. The molecule has 0 heterocycles. The minimum Gasteiger partial charge on any atom is -0.339 e. The standard InChI is InChI=1S/C12H4F4N4O6/c13-5-3-6(14)10(16)12(9(5)15)17-11-7(19(23)24)1-4(18(21)22)2-8(11)20(25)26/h1-3,17H. The number of halogens is 4. The van der Waals surface area contributed by atoms with Gasteiger partial charge in [0.25, 0.3) is 5.69 Å². The SMILES string of the molecule is O=[N+]([O-])c1cc([N+](=O)[O-])c(Nc2c(F)c(F)cc(F)c2F)c([N+](=O)[O-])c1. The van der Waals surface area contributed by atoms with Gasteiger partial charge in [0.1, 0.15) is 5.69 Å². The Morgan fingerprint density at radius 2 is 1.12 bits per heavy atom. The van der Waals surface area contributed by atoms with Crippen LogP contribution in [0.15, 0.2) is 18.2 Å². The minimum atomic E-state index is -2.01. The number of rotatable bonds is 5. The van der Waals surface area contributed by atoms with Gasteiger partial charge in [-0.25, -0.2) is 17.6 Å². The van der Waals surface area contributed by atoms with E-state index in [1.54, 1.807) is 5.32 Å². The van der Waals surface area contributed by atoms with Crippen LogP contribution in [0.5, 0.6) is 0 Å². The molecule has 0 fully saturated rings. The van der Waals surface area contributed by atoms with E-state index in [9.17, 15) is 47.9 Å². The summed E-state index contributed by atoms with van der Waals surface area (Å²) in [6.07, 6.45) is 0. The highest BCUT2D eigenvalue weighted by Gasteiger charge is 2.32. The zero-order valence-corrected chi connectivity index (χ0v) is 12.0. The van der Waals surface area contributed by atoms with Crippen LogP contribution in [0.25, 0.3) is 0 Å². The minimum absolute atomic E-state index is 0.144. The predicted octanol–water partition coefficient (Wildman–Crippen LogP) is 3.71. The second kappa shape index (κ2) is 6.58. The van der Waals surface area contributed by atoms with E-state index in [0.717, 1.165) is 0 Å². The van der Waals surface area contributed by atoms with Crippen LogP contribution in [0.2, 0.25) is 0 Å². The molecule has 0 aliphatic heterocycles. The van der Waals surface area contributed by atoms with Gasteiger partial charge in [-0.05, 0) is 0 Å². The summed E-state index contributed by atoms with van der Waals surface area (Å²) in [5, 5.41) is 34.4. The quantitative estimate of drug-likeness (QED) is 0.363. The fourth-order valence-electron chi connectivity index (χ4n) is 1.93. The lowest BCUT2D eigenvalue weighted by atomic mass is 10.2. The van der Waals surface area contributed by atoms with Crippen LogP contribution >= 0.6 is 0 Å². The summed E-state index contributed by atoms with van der Waals surface area (Å²) in [6, 6.07) is 0.413. The first-order valence-corrected chi connectivity index (χ1v) is 6.25. The molecule has 2 rings (SSSR count). The predicted molar refractivity (Wildman–Crippen MR) is 76.0 cm³/mol. The third-order valence-electron chi connectivity index (χ3n) is 3.05. The van der Waals surface area contributed by atoms with Crippen LogP contribution in [-0.4, -0.2) is 14.8 Å². The summed E-state index contributed by atoms with van der Waals surface area (Å²) in [4.78, 5) is 29.0. The molecule has 0 aliphatic carbocycles. The van der Waals surface area contributed by atoms with Crippen molar-refractivity contribution in [3.8, 4) is 0 Å². The van der Waals surface area contributed by atoms with Gasteiger partial charge < -0.3 is 5.32 Å². The van der Waals surface area contributed by atoms with Crippen molar-refractivity contribution in [3.63, 3.8) is 0 Å². The molecule has 0 radical (unpaired) electrons. The number of hydrogen-bond donors (Lipinski definition) is 1. The molecule has 0 spiro atoms. The molecule has 1 N–H and O–H groups in total. The van der Waals surface area contributed by atoms with Gasteiger partial charge >= 0.3 is 11.4 Å². The van der Waals surface area contributed by atoms with Crippen LogP contribution in [0.1, 0.15) is 0 Å². The zero-order chi connectivity index (χ0) is 19.8. The van der Waals surface area contributed by atoms with Crippen LogP contribution < -0.4 is 5.32 Å². The number of nitrogens with zero attached hydrogens (tertiary/aromatic N) is 3. The van der Waals surface area contributed by atoms with E-state index in [-0.39, 0.29) is 18.2 Å². The normalized spacial score (nSPS) is 10.5. The fourth-order valence-corrected chi connectivity index (χ4v) is 1.93. The van der Waals surface area contributed by atoms with E-state index in [1.165, 1.54) is 0 Å². The Morgan fingerprint density at radius 3 is 1.46 bits per heavy atom. The number of anilines is 2. The van der Waals surface area contributed by atoms with Crippen molar-refractivity contribution in [1.82, 2.24) is 0 Å². The molecule has 0 unspecified atom stereocenters. The maximum absolute atomic E-state index is 13.7. The van der Waals surface area contributed by atoms with Gasteiger partial charge in [-0.15, -0.1) is 0 Å². The Balaban J connectivity index is 2.80. The van der Waals surface area contributed by atoms with Crippen molar-refractivity contribution >= 4 is 28.4 Å². The van der Waals surface area contributed by atoms with E-state index >= 15 is 0 Å². The zero-order valence-electron chi connectivity index (χ0n) is 12.0. The highest BCUT2D eigenvalue weighted by atomic mass is 19.2. The largest absolute Gasteiger partial charge is 0.339 e. The average Bonchev–Trinajstić information content (AvgIpc) is 2.55. The van der Waals surface area contributed by atoms with Crippen LogP contribution in [0.3, 0.4) is 0 Å². The average molecular weight is 376 g/mol. The van der Waals surface area contributed by atoms with Crippen LogP contribution in [0.4, 0.5) is 46.0 Å². The summed E-state index contributed by atoms with van der Waals surface area (Å²) >= 11 is 0. The smallest absolute Gasteiger partial charge is 0.306 e. The lowest BCUT2D eigenvalue weighted by Crippen LogP contribution is -2.07. The molecule has 2 aromatic rings. The molecule has 0 saturated heterocycles. The number of benzene rings is 2. The fraction of sp³-hybridized carbons (Fsp3) is 0. The number of nitro benzene ring substituents is 3. The van der Waals surface area contributed by atoms with Gasteiger partial charge in [-0.1, -0.05) is 0 Å². The summed E-state index contributed by atoms with van der Waals surface area (Å²) in [5.41, 5.74) is -6.46. The highest BCUT2D eigenvalue weighted by molar-refractivity contribution is 5.81. The summed E-state index contributed by atoms with van der Waals surface area (Å²) in [7, 11) is 0. The molecule has 14 heteroatoms. The van der Waals surface area contributed by atoms with Crippen molar-refractivity contribution in [2.24, 2.45) is 0 Å². The molecule has 0 bridgehead atoms. The molecule has 136 valence electrons. The van der Waals surface area contributed by atoms with Crippen molar-refractivity contribution in [2.75, 3.05) is 5.32 Å². The number of nitrogens with one attached hydrogen (secondary N) is 1. The van der Waals surface area contributed by atoms with E-state index in [4.69, 9.17) is 0 Å². The topological polar surface area (TPSA) is 141 Å². The van der Waals surface area contributed by atoms with Crippen molar-refractivity contribution in [3.05, 3.63) is 71.8 Å². The molecule has 2 aromatic carbocycles. The van der Waals surface area contributed by atoms with Gasteiger partial charge in [0.05, 0.1) is 26.9 Å². The maximum atomic E-state index is 13.7. The first-order chi connectivity index (χ1) is 12.0. The number of non-ortho nitro benzene ring substituents is 1. The van der Waals surface area contributed by atoms with Gasteiger partial charge in [-0.2, -0.15) is 0 Å².